The fraction of sp³-hybridized carbons (Fsp3) is 0.750. The second-order valence-electron chi connectivity index (χ2n) is 4.82. The van der Waals surface area contributed by atoms with Crippen molar-refractivity contribution in [1.82, 2.24) is 10.6 Å². The molecule has 0 radical (unpaired) electrons. The van der Waals surface area contributed by atoms with E-state index < -0.39 is 11.5 Å². The molecule has 6 heteroatoms. The van der Waals surface area contributed by atoms with Gasteiger partial charge in [0.15, 0.2) is 0 Å². The Labute approximate surface area is 113 Å². The highest BCUT2D eigenvalue weighted by atomic mass is 32.1. The summed E-state index contributed by atoms with van der Waals surface area (Å²) in [5, 5.41) is 5.20. The van der Waals surface area contributed by atoms with Crippen LogP contribution >= 0.6 is 12.2 Å². The minimum atomic E-state index is -0.768. The Kier molecular flexibility index (Phi) is 5.07. The van der Waals surface area contributed by atoms with Crippen molar-refractivity contribution in [1.29, 1.82) is 0 Å². The molecule has 0 aliphatic heterocycles. The topological polar surface area (TPSA) is 84.2 Å². The summed E-state index contributed by atoms with van der Waals surface area (Å²) < 4.78 is 0. The van der Waals surface area contributed by atoms with Gasteiger partial charge >= 0.3 is 0 Å². The molecule has 18 heavy (non-hydrogen) atoms. The van der Waals surface area contributed by atoms with Gasteiger partial charge in [-0.05, 0) is 19.8 Å². The Morgan fingerprint density at radius 3 is 2.28 bits per heavy atom. The summed E-state index contributed by atoms with van der Waals surface area (Å²) in [5.41, 5.74) is 4.99. The fourth-order valence-electron chi connectivity index (χ4n) is 2.36. The molecule has 1 rings (SSSR count). The van der Waals surface area contributed by atoms with Crippen LogP contribution in [-0.4, -0.2) is 29.9 Å². The molecule has 0 aromatic carbocycles. The minimum absolute atomic E-state index is 0.217. The third-order valence-electron chi connectivity index (χ3n) is 3.60. The van der Waals surface area contributed by atoms with E-state index in [2.05, 4.69) is 10.6 Å². The monoisotopic (exact) mass is 271 g/mol. The maximum atomic E-state index is 12.3. The Bertz CT molecular complexity index is 351. The van der Waals surface area contributed by atoms with E-state index in [1.807, 2.05) is 0 Å². The molecule has 1 aliphatic carbocycles. The minimum Gasteiger partial charge on any atom is -0.392 e. The molecule has 2 amide bonds. The molecule has 0 aromatic heterocycles. The molecule has 0 bridgehead atoms. The van der Waals surface area contributed by atoms with E-state index in [1.54, 1.807) is 6.92 Å². The molecular formula is C12H21N3O2S. The van der Waals surface area contributed by atoms with E-state index in [1.165, 1.54) is 7.05 Å². The SMILES string of the molecule is CNC(=O)C(C)NC(=O)C1(C(N)=S)CCCCC1. The number of hydrogen-bond donors (Lipinski definition) is 3. The van der Waals surface area contributed by atoms with Gasteiger partial charge in [-0.15, -0.1) is 0 Å². The number of carbonyl (C=O) groups is 2. The predicted octanol–water partition coefficient (Wildman–Crippen LogP) is 0.474. The summed E-state index contributed by atoms with van der Waals surface area (Å²) in [7, 11) is 1.54. The maximum absolute atomic E-state index is 12.3. The van der Waals surface area contributed by atoms with Gasteiger partial charge in [-0.2, -0.15) is 0 Å². The van der Waals surface area contributed by atoms with Gasteiger partial charge in [-0.25, -0.2) is 0 Å². The number of carbonyl (C=O) groups excluding carboxylic acids is 2. The molecule has 4 N–H and O–H groups in total. The molecule has 1 atom stereocenters. The fourth-order valence-corrected chi connectivity index (χ4v) is 2.65. The number of likely N-dealkylation sites (N-methyl/N-ethyl adjacent to an activating group) is 1. The highest BCUT2D eigenvalue weighted by molar-refractivity contribution is 7.80. The van der Waals surface area contributed by atoms with E-state index in [-0.39, 0.29) is 16.8 Å². The summed E-state index contributed by atoms with van der Waals surface area (Å²) in [5.74, 6) is -0.442. The molecule has 102 valence electrons. The molecule has 1 aliphatic rings. The molecular weight excluding hydrogens is 250 g/mol. The molecule has 0 spiro atoms. The van der Waals surface area contributed by atoms with Gasteiger partial charge in [-0.1, -0.05) is 31.5 Å². The van der Waals surface area contributed by atoms with Gasteiger partial charge < -0.3 is 16.4 Å². The summed E-state index contributed by atoms with van der Waals surface area (Å²) in [4.78, 5) is 24.0. The van der Waals surface area contributed by atoms with Gasteiger partial charge in [0, 0.05) is 7.05 Å². The largest absolute Gasteiger partial charge is 0.392 e. The first kappa shape index (κ1) is 14.9. The zero-order valence-corrected chi connectivity index (χ0v) is 11.7. The normalized spacial score (nSPS) is 19.7. The van der Waals surface area contributed by atoms with E-state index in [0.29, 0.717) is 12.8 Å². The molecule has 1 saturated carbocycles. The van der Waals surface area contributed by atoms with Crippen LogP contribution in [-0.2, 0) is 9.59 Å². The number of amides is 2. The number of nitrogens with two attached hydrogens (primary N) is 1. The second kappa shape index (κ2) is 6.13. The Hall–Kier alpha value is -1.17. The third kappa shape index (κ3) is 2.98. The molecule has 1 unspecified atom stereocenters. The van der Waals surface area contributed by atoms with Gasteiger partial charge in [0.1, 0.15) is 6.04 Å². The lowest BCUT2D eigenvalue weighted by Gasteiger charge is -2.35. The summed E-state index contributed by atoms with van der Waals surface area (Å²) in [6.45, 7) is 1.65. The Morgan fingerprint density at radius 2 is 1.83 bits per heavy atom. The Balaban J connectivity index is 2.78. The van der Waals surface area contributed by atoms with Crippen molar-refractivity contribution in [3.8, 4) is 0 Å². The quantitative estimate of drug-likeness (QED) is 0.649. The van der Waals surface area contributed by atoms with Crippen LogP contribution in [0.4, 0.5) is 0 Å². The number of nitrogens with one attached hydrogen (secondary N) is 2. The first-order valence-corrected chi connectivity index (χ1v) is 6.67. The van der Waals surface area contributed by atoms with Gasteiger partial charge in [0.05, 0.1) is 10.4 Å². The molecule has 0 heterocycles. The smallest absolute Gasteiger partial charge is 0.242 e. The first-order valence-electron chi connectivity index (χ1n) is 6.26. The van der Waals surface area contributed by atoms with Crippen molar-refractivity contribution in [2.75, 3.05) is 7.05 Å². The van der Waals surface area contributed by atoms with Crippen LogP contribution in [0.5, 0.6) is 0 Å². The lowest BCUT2D eigenvalue weighted by atomic mass is 9.73. The van der Waals surface area contributed by atoms with Crippen molar-refractivity contribution in [2.24, 2.45) is 11.1 Å². The van der Waals surface area contributed by atoms with E-state index in [4.69, 9.17) is 18.0 Å². The molecule has 1 fully saturated rings. The van der Waals surface area contributed by atoms with Crippen molar-refractivity contribution < 1.29 is 9.59 Å². The van der Waals surface area contributed by atoms with Crippen LogP contribution in [0.25, 0.3) is 0 Å². The number of thiocarbonyl (C=S) groups is 1. The maximum Gasteiger partial charge on any atom is 0.242 e. The molecule has 5 nitrogen and oxygen atoms in total. The van der Waals surface area contributed by atoms with E-state index in [9.17, 15) is 9.59 Å². The summed E-state index contributed by atoms with van der Waals surface area (Å²) in [6, 6.07) is -0.573. The Morgan fingerprint density at radius 1 is 1.28 bits per heavy atom. The zero-order chi connectivity index (χ0) is 13.8. The van der Waals surface area contributed by atoms with Crippen LogP contribution < -0.4 is 16.4 Å². The lowest BCUT2D eigenvalue weighted by Crippen LogP contribution is -2.54. The van der Waals surface area contributed by atoms with Gasteiger partial charge in [-0.3, -0.25) is 9.59 Å². The number of hydrogen-bond acceptors (Lipinski definition) is 3. The summed E-state index contributed by atoms with van der Waals surface area (Å²) in [6.07, 6.45) is 4.34. The van der Waals surface area contributed by atoms with E-state index >= 15 is 0 Å². The summed E-state index contributed by atoms with van der Waals surface area (Å²) >= 11 is 5.07. The van der Waals surface area contributed by atoms with Crippen molar-refractivity contribution in [3.05, 3.63) is 0 Å². The lowest BCUT2D eigenvalue weighted by molar-refractivity contribution is -0.133. The molecule has 0 aromatic rings. The third-order valence-corrected chi connectivity index (χ3v) is 3.99. The van der Waals surface area contributed by atoms with Crippen molar-refractivity contribution in [3.63, 3.8) is 0 Å². The van der Waals surface area contributed by atoms with Crippen LogP contribution in [0.1, 0.15) is 39.0 Å². The molecule has 0 saturated heterocycles. The zero-order valence-electron chi connectivity index (χ0n) is 10.9. The second-order valence-corrected chi connectivity index (χ2v) is 5.26. The van der Waals surface area contributed by atoms with Crippen LogP contribution in [0, 0.1) is 5.41 Å². The standard InChI is InChI=1S/C12H21N3O2S/c1-8(9(16)14-2)15-11(17)12(10(13)18)6-4-3-5-7-12/h8H,3-7H2,1-2H3,(H2,13,18)(H,14,16)(H,15,17). The highest BCUT2D eigenvalue weighted by Gasteiger charge is 2.43. The van der Waals surface area contributed by atoms with Gasteiger partial charge in [0.2, 0.25) is 11.8 Å². The average Bonchev–Trinajstić information content (AvgIpc) is 2.38. The average molecular weight is 271 g/mol. The van der Waals surface area contributed by atoms with Crippen molar-refractivity contribution >= 4 is 29.0 Å². The number of rotatable bonds is 4. The highest BCUT2D eigenvalue weighted by Crippen LogP contribution is 2.37. The van der Waals surface area contributed by atoms with E-state index in [0.717, 1.165) is 19.3 Å². The van der Waals surface area contributed by atoms with Gasteiger partial charge in [0.25, 0.3) is 0 Å². The predicted molar refractivity (Wildman–Crippen MR) is 74.0 cm³/mol. The van der Waals surface area contributed by atoms with Crippen molar-refractivity contribution in [2.45, 2.75) is 45.1 Å². The van der Waals surface area contributed by atoms with Crippen LogP contribution in [0.3, 0.4) is 0 Å². The first-order chi connectivity index (χ1) is 8.44. The van der Waals surface area contributed by atoms with Crippen LogP contribution in [0.15, 0.2) is 0 Å². The van der Waals surface area contributed by atoms with Crippen LogP contribution in [0.2, 0.25) is 0 Å².